The molecule has 0 aromatic carbocycles. The fourth-order valence-corrected chi connectivity index (χ4v) is 1.75. The van der Waals surface area contributed by atoms with Crippen molar-refractivity contribution in [3.63, 3.8) is 0 Å². The Labute approximate surface area is 114 Å². The minimum absolute atomic E-state index is 0.00601. The molecule has 0 bridgehead atoms. The van der Waals surface area contributed by atoms with Gasteiger partial charge in [-0.2, -0.15) is 0 Å². The molecule has 2 rings (SSSR count). The highest BCUT2D eigenvalue weighted by Crippen LogP contribution is 2.13. The Morgan fingerprint density at radius 2 is 2.37 bits per heavy atom. The van der Waals surface area contributed by atoms with Gasteiger partial charge in [0.15, 0.2) is 0 Å². The van der Waals surface area contributed by atoms with Crippen molar-refractivity contribution in [3.8, 4) is 0 Å². The summed E-state index contributed by atoms with van der Waals surface area (Å²) in [6.07, 6.45) is 6.95. The Hall–Kier alpha value is -1.95. The number of amides is 1. The summed E-state index contributed by atoms with van der Waals surface area (Å²) in [6, 6.07) is 1.07. The van der Waals surface area contributed by atoms with E-state index in [1.165, 1.54) is 0 Å². The zero-order valence-corrected chi connectivity index (χ0v) is 10.8. The number of aromatic nitrogens is 3. The fourth-order valence-electron chi connectivity index (χ4n) is 1.56. The summed E-state index contributed by atoms with van der Waals surface area (Å²) in [6.45, 7) is 1.21. The van der Waals surface area contributed by atoms with Gasteiger partial charge >= 0.3 is 0 Å². The minimum Gasteiger partial charge on any atom is -0.352 e. The van der Waals surface area contributed by atoms with Crippen LogP contribution in [0.4, 0.5) is 4.39 Å². The molecule has 2 heterocycles. The third-order valence-electron chi connectivity index (χ3n) is 2.49. The van der Waals surface area contributed by atoms with E-state index >= 15 is 0 Å². The molecule has 0 spiro atoms. The number of hydrogen-bond donors (Lipinski definition) is 1. The minimum atomic E-state index is -0.590. The van der Waals surface area contributed by atoms with Crippen LogP contribution in [-0.2, 0) is 6.54 Å². The molecule has 2 aromatic heterocycles. The predicted octanol–water partition coefficient (Wildman–Crippen LogP) is 1.89. The molecule has 7 heteroatoms. The number of nitrogens with zero attached hydrogens (tertiary/aromatic N) is 3. The van der Waals surface area contributed by atoms with E-state index in [9.17, 15) is 9.18 Å². The predicted molar refractivity (Wildman–Crippen MR) is 68.4 cm³/mol. The summed E-state index contributed by atoms with van der Waals surface area (Å²) in [5.74, 6) is -1.02. The molecule has 0 fully saturated rings. The molecule has 0 aliphatic heterocycles. The molecule has 0 saturated heterocycles. The zero-order chi connectivity index (χ0) is 13.7. The molecule has 5 nitrogen and oxygen atoms in total. The van der Waals surface area contributed by atoms with Crippen LogP contribution in [0.15, 0.2) is 31.0 Å². The lowest BCUT2D eigenvalue weighted by molar-refractivity contribution is 0.0952. The Kier molecular flexibility index (Phi) is 4.46. The lowest BCUT2D eigenvalue weighted by Crippen LogP contribution is -2.25. The van der Waals surface area contributed by atoms with Gasteiger partial charge < -0.3 is 9.88 Å². The summed E-state index contributed by atoms with van der Waals surface area (Å²) in [4.78, 5) is 19.3. The standard InChI is InChI=1S/C12H12ClFN4O/c13-11-10(6-9(14)7-17-11)12(19)16-2-1-4-18-5-3-15-8-18/h3,5-8H,1-2,4H2,(H,16,19). The molecule has 1 amide bonds. The number of aryl methyl sites for hydroxylation is 1. The monoisotopic (exact) mass is 282 g/mol. The van der Waals surface area contributed by atoms with Crippen molar-refractivity contribution < 1.29 is 9.18 Å². The van der Waals surface area contributed by atoms with Gasteiger partial charge in [-0.05, 0) is 12.5 Å². The normalized spacial score (nSPS) is 10.4. The van der Waals surface area contributed by atoms with Crippen molar-refractivity contribution in [3.05, 3.63) is 47.5 Å². The maximum absolute atomic E-state index is 13.0. The lowest BCUT2D eigenvalue weighted by atomic mass is 10.2. The van der Waals surface area contributed by atoms with Crippen LogP contribution in [0.2, 0.25) is 5.15 Å². The Bertz CT molecular complexity index is 559. The molecule has 0 unspecified atom stereocenters. The van der Waals surface area contributed by atoms with Crippen molar-refractivity contribution in [2.45, 2.75) is 13.0 Å². The summed E-state index contributed by atoms with van der Waals surface area (Å²) in [5, 5.41) is 2.66. The first-order valence-electron chi connectivity index (χ1n) is 5.72. The second kappa shape index (κ2) is 6.29. The number of pyridine rings is 1. The second-order valence-corrected chi connectivity index (χ2v) is 4.26. The van der Waals surface area contributed by atoms with E-state index in [0.717, 1.165) is 25.2 Å². The first-order chi connectivity index (χ1) is 9.16. The van der Waals surface area contributed by atoms with E-state index in [2.05, 4.69) is 15.3 Å². The van der Waals surface area contributed by atoms with E-state index in [1.807, 2.05) is 10.8 Å². The van der Waals surface area contributed by atoms with Crippen LogP contribution in [0.3, 0.4) is 0 Å². The molecular formula is C12H12ClFN4O. The van der Waals surface area contributed by atoms with Crippen molar-refractivity contribution in [1.82, 2.24) is 19.9 Å². The highest BCUT2D eigenvalue weighted by molar-refractivity contribution is 6.32. The van der Waals surface area contributed by atoms with Crippen LogP contribution < -0.4 is 5.32 Å². The maximum Gasteiger partial charge on any atom is 0.254 e. The summed E-state index contributed by atoms with van der Waals surface area (Å²) < 4.78 is 14.9. The molecule has 0 atom stereocenters. The molecule has 100 valence electrons. The Balaban J connectivity index is 1.82. The largest absolute Gasteiger partial charge is 0.352 e. The lowest BCUT2D eigenvalue weighted by Gasteiger charge is -2.06. The van der Waals surface area contributed by atoms with Crippen LogP contribution in [0.1, 0.15) is 16.8 Å². The Morgan fingerprint density at radius 3 is 3.11 bits per heavy atom. The third-order valence-corrected chi connectivity index (χ3v) is 2.79. The molecule has 0 radical (unpaired) electrons. The fraction of sp³-hybridized carbons (Fsp3) is 0.250. The molecule has 0 aliphatic carbocycles. The van der Waals surface area contributed by atoms with E-state index in [-0.39, 0.29) is 10.7 Å². The average molecular weight is 283 g/mol. The van der Waals surface area contributed by atoms with Crippen LogP contribution >= 0.6 is 11.6 Å². The smallest absolute Gasteiger partial charge is 0.254 e. The van der Waals surface area contributed by atoms with Crippen molar-refractivity contribution >= 4 is 17.5 Å². The van der Waals surface area contributed by atoms with E-state index < -0.39 is 11.7 Å². The first kappa shape index (κ1) is 13.5. The van der Waals surface area contributed by atoms with E-state index in [4.69, 9.17) is 11.6 Å². The first-order valence-corrected chi connectivity index (χ1v) is 6.09. The quantitative estimate of drug-likeness (QED) is 0.673. The van der Waals surface area contributed by atoms with Gasteiger partial charge in [0.05, 0.1) is 18.1 Å². The highest BCUT2D eigenvalue weighted by atomic mass is 35.5. The number of carbonyl (C=O) groups is 1. The molecule has 0 aliphatic rings. The van der Waals surface area contributed by atoms with Crippen molar-refractivity contribution in [1.29, 1.82) is 0 Å². The van der Waals surface area contributed by atoms with Crippen LogP contribution in [0.25, 0.3) is 0 Å². The van der Waals surface area contributed by atoms with Crippen LogP contribution in [0.5, 0.6) is 0 Å². The van der Waals surface area contributed by atoms with E-state index in [0.29, 0.717) is 6.54 Å². The number of hydrogen-bond acceptors (Lipinski definition) is 3. The summed E-state index contributed by atoms with van der Waals surface area (Å²) >= 11 is 5.73. The average Bonchev–Trinajstić information content (AvgIpc) is 2.90. The van der Waals surface area contributed by atoms with Gasteiger partial charge in [0, 0.05) is 25.5 Å². The van der Waals surface area contributed by atoms with E-state index in [1.54, 1.807) is 12.5 Å². The van der Waals surface area contributed by atoms with Gasteiger partial charge in [-0.1, -0.05) is 11.6 Å². The highest BCUT2D eigenvalue weighted by Gasteiger charge is 2.11. The topological polar surface area (TPSA) is 59.8 Å². The number of halogens is 2. The molecule has 1 N–H and O–H groups in total. The number of nitrogens with one attached hydrogen (secondary N) is 1. The Morgan fingerprint density at radius 1 is 1.53 bits per heavy atom. The van der Waals surface area contributed by atoms with Gasteiger partial charge in [0.2, 0.25) is 0 Å². The van der Waals surface area contributed by atoms with Gasteiger partial charge in [-0.25, -0.2) is 14.4 Å². The summed E-state index contributed by atoms with van der Waals surface area (Å²) in [5.41, 5.74) is 0.0456. The van der Waals surface area contributed by atoms with Gasteiger partial charge in [0.1, 0.15) is 11.0 Å². The SMILES string of the molecule is O=C(NCCCn1ccnc1)c1cc(F)cnc1Cl. The van der Waals surface area contributed by atoms with Gasteiger partial charge in [-0.15, -0.1) is 0 Å². The molecule has 2 aromatic rings. The second-order valence-electron chi connectivity index (χ2n) is 3.90. The summed E-state index contributed by atoms with van der Waals surface area (Å²) in [7, 11) is 0. The third kappa shape index (κ3) is 3.75. The number of rotatable bonds is 5. The number of imidazole rings is 1. The molecule has 19 heavy (non-hydrogen) atoms. The zero-order valence-electron chi connectivity index (χ0n) is 10.0. The van der Waals surface area contributed by atoms with Crippen molar-refractivity contribution in [2.24, 2.45) is 0 Å². The molecule has 0 saturated carbocycles. The van der Waals surface area contributed by atoms with Gasteiger partial charge in [-0.3, -0.25) is 4.79 Å². The van der Waals surface area contributed by atoms with Crippen LogP contribution in [-0.4, -0.2) is 27.0 Å². The van der Waals surface area contributed by atoms with Crippen LogP contribution in [0, 0.1) is 5.82 Å². The maximum atomic E-state index is 13.0. The van der Waals surface area contributed by atoms with Gasteiger partial charge in [0.25, 0.3) is 5.91 Å². The number of carbonyl (C=O) groups excluding carboxylic acids is 1. The molecular weight excluding hydrogens is 271 g/mol. The van der Waals surface area contributed by atoms with Crippen molar-refractivity contribution in [2.75, 3.05) is 6.54 Å².